The molecule has 0 aliphatic carbocycles. The average Bonchev–Trinajstić information content (AvgIpc) is 2.46. The van der Waals surface area contributed by atoms with Crippen molar-refractivity contribution in [3.05, 3.63) is 23.8 Å². The van der Waals surface area contributed by atoms with Crippen LogP contribution in [0.1, 0.15) is 5.56 Å². The van der Waals surface area contributed by atoms with Gasteiger partial charge in [0.1, 0.15) is 0 Å². The normalized spacial score (nSPS) is 8.90. The number of carbonyl (C=O) groups excluding carboxylic acids is 2. The second-order valence-electron chi connectivity index (χ2n) is 4.05. The Morgan fingerprint density at radius 3 is 2.19 bits per heavy atom. The molecule has 108 valence electrons. The van der Waals surface area contributed by atoms with Crippen LogP contribution in [0.25, 0.3) is 0 Å². The first-order valence-corrected chi connectivity index (χ1v) is 6.14. The number of hydrogen-bond donors (Lipinski definition) is 4. The van der Waals surface area contributed by atoms with Crippen molar-refractivity contribution in [1.82, 2.24) is 10.6 Å². The summed E-state index contributed by atoms with van der Waals surface area (Å²) in [7, 11) is 0. The number of terminal acetylenes is 2. The molecule has 0 fully saturated rings. The van der Waals surface area contributed by atoms with Crippen LogP contribution >= 0.6 is 0 Å². The van der Waals surface area contributed by atoms with Crippen LogP contribution in [0.15, 0.2) is 18.2 Å². The molecule has 1 aromatic rings. The molecule has 0 aliphatic heterocycles. The smallest absolute Gasteiger partial charge is 0.320 e. The van der Waals surface area contributed by atoms with E-state index in [1.54, 1.807) is 18.2 Å². The molecule has 6 heteroatoms. The lowest BCUT2D eigenvalue weighted by Crippen LogP contribution is -2.30. The lowest BCUT2D eigenvalue weighted by Gasteiger charge is -2.11. The third kappa shape index (κ3) is 5.58. The van der Waals surface area contributed by atoms with E-state index in [9.17, 15) is 9.59 Å². The maximum absolute atomic E-state index is 11.6. The van der Waals surface area contributed by atoms with E-state index in [0.29, 0.717) is 11.4 Å². The molecule has 0 heterocycles. The number of aryl methyl sites for hydroxylation is 1. The summed E-state index contributed by atoms with van der Waals surface area (Å²) in [6, 6.07) is 4.30. The Kier molecular flexibility index (Phi) is 6.17. The van der Waals surface area contributed by atoms with Crippen molar-refractivity contribution in [1.29, 1.82) is 0 Å². The molecular weight excluding hydrogens is 268 g/mol. The van der Waals surface area contributed by atoms with E-state index in [4.69, 9.17) is 12.8 Å². The molecule has 21 heavy (non-hydrogen) atoms. The highest BCUT2D eigenvalue weighted by molar-refractivity contribution is 5.93. The molecule has 0 spiro atoms. The first-order chi connectivity index (χ1) is 10.1. The molecule has 0 radical (unpaired) electrons. The van der Waals surface area contributed by atoms with Gasteiger partial charge in [-0.05, 0) is 24.6 Å². The van der Waals surface area contributed by atoms with Crippen molar-refractivity contribution in [2.24, 2.45) is 0 Å². The monoisotopic (exact) mass is 284 g/mol. The minimum atomic E-state index is -0.417. The highest BCUT2D eigenvalue weighted by Crippen LogP contribution is 2.20. The summed E-state index contributed by atoms with van der Waals surface area (Å²) in [4.78, 5) is 23.1. The largest absolute Gasteiger partial charge is 0.327 e. The molecule has 0 saturated heterocycles. The van der Waals surface area contributed by atoms with Crippen LogP contribution in [-0.4, -0.2) is 25.2 Å². The van der Waals surface area contributed by atoms with Gasteiger partial charge in [0.25, 0.3) is 0 Å². The third-order valence-electron chi connectivity index (χ3n) is 2.45. The van der Waals surface area contributed by atoms with Crippen LogP contribution in [0.4, 0.5) is 21.0 Å². The van der Waals surface area contributed by atoms with Crippen molar-refractivity contribution in [3.63, 3.8) is 0 Å². The Labute approximate surface area is 123 Å². The molecule has 0 aromatic heterocycles. The molecule has 0 atom stereocenters. The number of rotatable bonds is 4. The van der Waals surface area contributed by atoms with E-state index in [0.717, 1.165) is 5.56 Å². The molecule has 1 aromatic carbocycles. The van der Waals surface area contributed by atoms with Gasteiger partial charge in [0.2, 0.25) is 0 Å². The van der Waals surface area contributed by atoms with E-state index in [-0.39, 0.29) is 13.1 Å². The molecule has 4 N–H and O–H groups in total. The van der Waals surface area contributed by atoms with Crippen molar-refractivity contribution < 1.29 is 9.59 Å². The number of amides is 4. The fourth-order valence-corrected chi connectivity index (χ4v) is 1.44. The second-order valence-corrected chi connectivity index (χ2v) is 4.05. The summed E-state index contributed by atoms with van der Waals surface area (Å²) < 4.78 is 0. The van der Waals surface area contributed by atoms with Crippen molar-refractivity contribution in [2.45, 2.75) is 6.92 Å². The second kappa shape index (κ2) is 8.13. The average molecular weight is 284 g/mol. The minimum absolute atomic E-state index is 0.136. The molecule has 0 aliphatic rings. The summed E-state index contributed by atoms with van der Waals surface area (Å²) in [5.41, 5.74) is 1.95. The van der Waals surface area contributed by atoms with Crippen LogP contribution < -0.4 is 21.3 Å². The number of anilines is 2. The summed E-state index contributed by atoms with van der Waals surface area (Å²) in [5, 5.41) is 10.2. The number of nitrogens with one attached hydrogen (secondary N) is 4. The van der Waals surface area contributed by atoms with E-state index < -0.39 is 12.1 Å². The Balaban J connectivity index is 2.71. The zero-order valence-electron chi connectivity index (χ0n) is 11.6. The molecule has 0 unspecified atom stereocenters. The predicted octanol–water partition coefficient (Wildman–Crippen LogP) is 1.50. The van der Waals surface area contributed by atoms with Crippen LogP contribution in [-0.2, 0) is 0 Å². The summed E-state index contributed by atoms with van der Waals surface area (Å²) in [5.74, 6) is 4.60. The van der Waals surface area contributed by atoms with E-state index in [1.165, 1.54) is 0 Å². The van der Waals surface area contributed by atoms with E-state index in [2.05, 4.69) is 33.1 Å². The Morgan fingerprint density at radius 2 is 1.62 bits per heavy atom. The van der Waals surface area contributed by atoms with Gasteiger partial charge in [-0.3, -0.25) is 0 Å². The van der Waals surface area contributed by atoms with Crippen LogP contribution in [0.2, 0.25) is 0 Å². The topological polar surface area (TPSA) is 82.3 Å². The lowest BCUT2D eigenvalue weighted by molar-refractivity contribution is 0.252. The molecule has 0 saturated carbocycles. The summed E-state index contributed by atoms with van der Waals surface area (Å²) >= 11 is 0. The fraction of sp³-hybridized carbons (Fsp3) is 0.200. The first kappa shape index (κ1) is 15.9. The van der Waals surface area contributed by atoms with Gasteiger partial charge in [-0.25, -0.2) is 9.59 Å². The molecule has 1 rings (SSSR count). The zero-order chi connectivity index (χ0) is 15.7. The fourth-order valence-electron chi connectivity index (χ4n) is 1.44. The zero-order valence-corrected chi connectivity index (χ0v) is 11.6. The molecular formula is C15H16N4O2. The number of benzene rings is 1. The first-order valence-electron chi connectivity index (χ1n) is 6.14. The van der Waals surface area contributed by atoms with Crippen molar-refractivity contribution in [3.8, 4) is 24.7 Å². The predicted molar refractivity (Wildman–Crippen MR) is 82.9 cm³/mol. The van der Waals surface area contributed by atoms with Gasteiger partial charge < -0.3 is 21.3 Å². The number of hydrogen-bond acceptors (Lipinski definition) is 2. The quantitative estimate of drug-likeness (QED) is 0.632. The van der Waals surface area contributed by atoms with Crippen LogP contribution in [0.3, 0.4) is 0 Å². The maximum Gasteiger partial charge on any atom is 0.320 e. The van der Waals surface area contributed by atoms with Gasteiger partial charge in [0, 0.05) is 11.4 Å². The Morgan fingerprint density at radius 1 is 1.05 bits per heavy atom. The summed E-state index contributed by atoms with van der Waals surface area (Å²) in [6.45, 7) is 2.10. The van der Waals surface area contributed by atoms with Crippen molar-refractivity contribution >= 4 is 23.4 Å². The number of carbonyl (C=O) groups is 2. The minimum Gasteiger partial charge on any atom is -0.327 e. The lowest BCUT2D eigenvalue weighted by atomic mass is 10.2. The third-order valence-corrected chi connectivity index (χ3v) is 2.45. The van der Waals surface area contributed by atoms with Gasteiger partial charge in [-0.15, -0.1) is 12.8 Å². The Bertz CT molecular complexity index is 611. The van der Waals surface area contributed by atoms with Gasteiger partial charge in [-0.2, -0.15) is 0 Å². The Hall–Kier alpha value is -3.12. The van der Waals surface area contributed by atoms with Crippen LogP contribution in [0.5, 0.6) is 0 Å². The van der Waals surface area contributed by atoms with Gasteiger partial charge in [-0.1, -0.05) is 17.9 Å². The van der Waals surface area contributed by atoms with E-state index >= 15 is 0 Å². The molecule has 6 nitrogen and oxygen atoms in total. The SMILES string of the molecule is C#CCNC(=O)Nc1ccc(C)c(NC(=O)NCC#C)c1. The standard InChI is InChI=1S/C15H16N4O2/c1-4-8-16-14(20)18-12-7-6-11(3)13(10-12)19-15(21)17-9-5-2/h1-2,6-7,10H,8-9H2,3H3,(H2,16,18,20)(H2,17,19,21). The van der Waals surface area contributed by atoms with Crippen LogP contribution in [0, 0.1) is 31.6 Å². The van der Waals surface area contributed by atoms with Crippen molar-refractivity contribution in [2.75, 3.05) is 23.7 Å². The molecule has 4 amide bonds. The van der Waals surface area contributed by atoms with E-state index in [1.807, 2.05) is 6.92 Å². The number of urea groups is 2. The summed E-state index contributed by atoms with van der Waals surface area (Å²) in [6.07, 6.45) is 10.1. The maximum atomic E-state index is 11.6. The highest BCUT2D eigenvalue weighted by atomic mass is 16.2. The highest BCUT2D eigenvalue weighted by Gasteiger charge is 2.06. The molecule has 0 bridgehead atoms. The van der Waals surface area contributed by atoms with Gasteiger partial charge in [0.05, 0.1) is 13.1 Å². The van der Waals surface area contributed by atoms with Gasteiger partial charge >= 0.3 is 12.1 Å². The van der Waals surface area contributed by atoms with Gasteiger partial charge in [0.15, 0.2) is 0 Å².